The predicted octanol–water partition coefficient (Wildman–Crippen LogP) is 4.60. The summed E-state index contributed by atoms with van der Waals surface area (Å²) < 4.78 is 22.9. The van der Waals surface area contributed by atoms with Gasteiger partial charge in [-0.1, -0.05) is 0 Å². The van der Waals surface area contributed by atoms with E-state index >= 15 is 0 Å². The van der Waals surface area contributed by atoms with Gasteiger partial charge in [-0.3, -0.25) is 0 Å². The van der Waals surface area contributed by atoms with Gasteiger partial charge in [0.2, 0.25) is 5.95 Å². The zero-order chi connectivity index (χ0) is 31.5. The van der Waals surface area contributed by atoms with Gasteiger partial charge in [0.25, 0.3) is 0 Å². The van der Waals surface area contributed by atoms with Gasteiger partial charge >= 0.3 is 0 Å². The van der Waals surface area contributed by atoms with Crippen LogP contribution in [0.2, 0.25) is 0 Å². The summed E-state index contributed by atoms with van der Waals surface area (Å²) in [7, 11) is 1.71. The molecule has 7 rings (SSSR count). The summed E-state index contributed by atoms with van der Waals surface area (Å²) in [6.07, 6.45) is 0.200. The first-order chi connectivity index (χ1) is 22.5. The third kappa shape index (κ3) is 6.67. The molecule has 4 aromatic rings. The molecule has 11 nitrogen and oxygen atoms in total. The number of nitrogens with zero attached hydrogens (tertiary/aromatic N) is 6. The normalized spacial score (nSPS) is 20.6. The number of morpholine rings is 3. The van der Waals surface area contributed by atoms with Gasteiger partial charge in [0.1, 0.15) is 11.6 Å². The molecule has 0 saturated carbocycles. The van der Waals surface area contributed by atoms with Crippen molar-refractivity contribution in [2.24, 2.45) is 0 Å². The highest BCUT2D eigenvalue weighted by molar-refractivity contribution is 5.90. The fraction of sp³-hybridized carbons (Fsp3) is 0.457. The Kier molecular flexibility index (Phi) is 9.05. The number of pyridine rings is 1. The van der Waals surface area contributed by atoms with E-state index in [4.69, 9.17) is 33.9 Å². The number of hydrogen-bond donors (Lipinski definition) is 1. The second-order valence-corrected chi connectivity index (χ2v) is 12.2. The summed E-state index contributed by atoms with van der Waals surface area (Å²) in [4.78, 5) is 22.1. The molecule has 3 saturated heterocycles. The molecule has 2 aromatic heterocycles. The molecule has 0 radical (unpaired) electrons. The van der Waals surface area contributed by atoms with Gasteiger partial charge in [-0.2, -0.15) is 9.97 Å². The molecule has 0 bridgehead atoms. The van der Waals surface area contributed by atoms with Crippen molar-refractivity contribution in [1.29, 1.82) is 0 Å². The lowest BCUT2D eigenvalue weighted by Gasteiger charge is -2.36. The first-order valence-electron chi connectivity index (χ1n) is 16.3. The lowest BCUT2D eigenvalue weighted by molar-refractivity contribution is -0.00570. The van der Waals surface area contributed by atoms with Crippen molar-refractivity contribution >= 4 is 34.2 Å². The Hall–Kier alpha value is -4.19. The van der Waals surface area contributed by atoms with Crippen LogP contribution < -0.4 is 24.8 Å². The maximum Gasteiger partial charge on any atom is 0.229 e. The van der Waals surface area contributed by atoms with Crippen molar-refractivity contribution in [2.75, 3.05) is 92.8 Å². The minimum Gasteiger partial charge on any atom is -0.496 e. The number of ether oxygens (including phenoxy) is 4. The zero-order valence-corrected chi connectivity index (χ0v) is 26.9. The van der Waals surface area contributed by atoms with Crippen molar-refractivity contribution in [2.45, 2.75) is 32.6 Å². The van der Waals surface area contributed by atoms with Crippen LogP contribution in [0.1, 0.15) is 19.4 Å². The molecule has 0 spiro atoms. The largest absolute Gasteiger partial charge is 0.496 e. The Balaban J connectivity index is 1.17. The van der Waals surface area contributed by atoms with Crippen LogP contribution in [-0.4, -0.2) is 100.0 Å². The van der Waals surface area contributed by atoms with Gasteiger partial charge in [-0.05, 0) is 68.4 Å². The average Bonchev–Trinajstić information content (AvgIpc) is 3.10. The van der Waals surface area contributed by atoms with Crippen molar-refractivity contribution < 1.29 is 18.9 Å². The number of anilines is 4. The van der Waals surface area contributed by atoms with E-state index in [1.165, 1.54) is 5.69 Å². The molecule has 2 aromatic carbocycles. The molecule has 0 amide bonds. The van der Waals surface area contributed by atoms with Crippen LogP contribution in [0.25, 0.3) is 22.3 Å². The monoisotopic (exact) mass is 625 g/mol. The average molecular weight is 626 g/mol. The highest BCUT2D eigenvalue weighted by Gasteiger charge is 2.27. The van der Waals surface area contributed by atoms with Crippen LogP contribution in [0.5, 0.6) is 5.75 Å². The van der Waals surface area contributed by atoms with E-state index in [0.717, 1.165) is 91.9 Å². The molecular formula is C35H43N7O4. The topological polar surface area (TPSA) is 97.3 Å². The third-order valence-corrected chi connectivity index (χ3v) is 8.84. The van der Waals surface area contributed by atoms with Gasteiger partial charge in [0.15, 0.2) is 5.65 Å². The minimum absolute atomic E-state index is 0.100. The van der Waals surface area contributed by atoms with Crippen LogP contribution in [-0.2, 0) is 20.8 Å². The molecule has 2 atom stereocenters. The van der Waals surface area contributed by atoms with E-state index < -0.39 is 0 Å². The fourth-order valence-corrected chi connectivity index (χ4v) is 6.53. The standard InChI is InChI=1S/C35H43N7O4/c1-24-22-42(23-25(2)46-24)35-38-33-30(34(39-35)41-14-18-45-19-15-41)9-10-31(37-33)26-4-11-32(43-3)27(20-26)21-36-28-5-7-29(8-6-28)40-12-16-44-17-13-40/h4-11,20,24-25,36H,12-19,21-23H2,1-3H3. The van der Waals surface area contributed by atoms with Crippen LogP contribution in [0.15, 0.2) is 54.6 Å². The van der Waals surface area contributed by atoms with E-state index in [0.29, 0.717) is 31.4 Å². The molecule has 3 fully saturated rings. The van der Waals surface area contributed by atoms with Crippen molar-refractivity contribution in [3.05, 3.63) is 60.2 Å². The number of methoxy groups -OCH3 is 1. The van der Waals surface area contributed by atoms with Crippen molar-refractivity contribution in [1.82, 2.24) is 15.0 Å². The second kappa shape index (κ2) is 13.7. The molecule has 0 aliphatic carbocycles. The molecule has 3 aliphatic rings. The number of nitrogens with one attached hydrogen (secondary N) is 1. The Morgan fingerprint density at radius 3 is 2.17 bits per heavy atom. The summed E-state index contributed by atoms with van der Waals surface area (Å²) in [6.45, 7) is 12.6. The summed E-state index contributed by atoms with van der Waals surface area (Å²) in [5, 5.41) is 4.52. The molecular weight excluding hydrogens is 582 g/mol. The smallest absolute Gasteiger partial charge is 0.229 e. The Morgan fingerprint density at radius 1 is 0.783 bits per heavy atom. The molecule has 11 heteroatoms. The molecule has 46 heavy (non-hydrogen) atoms. The van der Waals surface area contributed by atoms with Crippen LogP contribution in [0.4, 0.5) is 23.1 Å². The van der Waals surface area contributed by atoms with Crippen LogP contribution >= 0.6 is 0 Å². The zero-order valence-electron chi connectivity index (χ0n) is 26.9. The Labute approximate surface area is 270 Å². The molecule has 3 aliphatic heterocycles. The Morgan fingerprint density at radius 2 is 1.48 bits per heavy atom. The summed E-state index contributed by atoms with van der Waals surface area (Å²) in [6, 6.07) is 19.0. The predicted molar refractivity (Wildman–Crippen MR) is 181 cm³/mol. The highest BCUT2D eigenvalue weighted by atomic mass is 16.5. The quantitative estimate of drug-likeness (QED) is 0.298. The molecule has 2 unspecified atom stereocenters. The lowest BCUT2D eigenvalue weighted by Crippen LogP contribution is -2.46. The highest BCUT2D eigenvalue weighted by Crippen LogP contribution is 2.32. The fourth-order valence-electron chi connectivity index (χ4n) is 6.53. The van der Waals surface area contributed by atoms with Gasteiger partial charge in [0.05, 0.1) is 56.8 Å². The van der Waals surface area contributed by atoms with E-state index in [-0.39, 0.29) is 12.2 Å². The van der Waals surface area contributed by atoms with Gasteiger partial charge in [0, 0.05) is 68.3 Å². The van der Waals surface area contributed by atoms with Crippen molar-refractivity contribution in [3.63, 3.8) is 0 Å². The van der Waals surface area contributed by atoms with Crippen molar-refractivity contribution in [3.8, 4) is 17.0 Å². The molecule has 1 N–H and O–H groups in total. The van der Waals surface area contributed by atoms with E-state index in [9.17, 15) is 0 Å². The number of fused-ring (bicyclic) bond motifs is 1. The number of rotatable bonds is 8. The lowest BCUT2D eigenvalue weighted by atomic mass is 10.1. The summed E-state index contributed by atoms with van der Waals surface area (Å²) in [5.41, 5.74) is 5.87. The number of aromatic nitrogens is 3. The van der Waals surface area contributed by atoms with Crippen LogP contribution in [0.3, 0.4) is 0 Å². The molecule has 5 heterocycles. The van der Waals surface area contributed by atoms with E-state index in [1.54, 1.807) is 7.11 Å². The van der Waals surface area contributed by atoms with Gasteiger partial charge < -0.3 is 39.0 Å². The third-order valence-electron chi connectivity index (χ3n) is 8.84. The minimum atomic E-state index is 0.100. The maximum absolute atomic E-state index is 6.00. The van der Waals surface area contributed by atoms with E-state index in [2.05, 4.69) is 82.4 Å². The van der Waals surface area contributed by atoms with Gasteiger partial charge in [-0.25, -0.2) is 4.98 Å². The van der Waals surface area contributed by atoms with Gasteiger partial charge in [-0.15, -0.1) is 0 Å². The number of hydrogen-bond acceptors (Lipinski definition) is 11. The summed E-state index contributed by atoms with van der Waals surface area (Å²) >= 11 is 0. The van der Waals surface area contributed by atoms with E-state index in [1.807, 2.05) is 6.07 Å². The molecule has 242 valence electrons. The maximum atomic E-state index is 6.00. The second-order valence-electron chi connectivity index (χ2n) is 12.2. The number of benzene rings is 2. The van der Waals surface area contributed by atoms with Crippen LogP contribution in [0, 0.1) is 0 Å². The summed E-state index contributed by atoms with van der Waals surface area (Å²) in [5.74, 6) is 2.44. The first-order valence-corrected chi connectivity index (χ1v) is 16.3. The Bertz CT molecular complexity index is 1630. The SMILES string of the molecule is COc1ccc(-c2ccc3c(N4CCOCC4)nc(N4CC(C)OC(C)C4)nc3n2)cc1CNc1ccc(N2CCOCC2)cc1. The first kappa shape index (κ1) is 30.5.